The van der Waals surface area contributed by atoms with Crippen LogP contribution in [0.15, 0.2) is 30.5 Å². The molecule has 9 nitrogen and oxygen atoms in total. The van der Waals surface area contributed by atoms with E-state index in [-0.39, 0.29) is 23.0 Å². The van der Waals surface area contributed by atoms with Crippen molar-refractivity contribution in [1.29, 1.82) is 5.26 Å². The highest BCUT2D eigenvalue weighted by molar-refractivity contribution is 7.91. The number of piperidine rings is 1. The number of nitrogens with zero attached hydrogens (tertiary/aromatic N) is 2. The van der Waals surface area contributed by atoms with E-state index in [1.165, 1.54) is 11.8 Å². The molecule has 13 heteroatoms. The van der Waals surface area contributed by atoms with Gasteiger partial charge in [-0.15, -0.1) is 0 Å². The Balaban J connectivity index is 0.000000538. The zero-order valence-electron chi connectivity index (χ0n) is 19.1. The van der Waals surface area contributed by atoms with E-state index in [4.69, 9.17) is 10.1 Å². The number of nitriles is 1. The zero-order valence-corrected chi connectivity index (χ0v) is 19.9. The van der Waals surface area contributed by atoms with Gasteiger partial charge >= 0.3 is 6.18 Å². The van der Waals surface area contributed by atoms with Crippen LogP contribution in [0.3, 0.4) is 0 Å². The summed E-state index contributed by atoms with van der Waals surface area (Å²) in [6, 6.07) is 7.90. The van der Waals surface area contributed by atoms with Gasteiger partial charge in [-0.3, -0.25) is 9.59 Å². The summed E-state index contributed by atoms with van der Waals surface area (Å²) in [6.45, 7) is 1.94. The Morgan fingerprint density at radius 3 is 2.50 bits per heavy atom. The van der Waals surface area contributed by atoms with Crippen LogP contribution in [0.2, 0.25) is 0 Å². The molecule has 0 radical (unpaired) electrons. The fraction of sp³-hybridized carbons (Fsp3) is 0.391. The van der Waals surface area contributed by atoms with Crippen molar-refractivity contribution >= 4 is 33.3 Å². The van der Waals surface area contributed by atoms with Crippen LogP contribution in [0.1, 0.15) is 52.6 Å². The number of aromatic nitrogens is 2. The maximum atomic E-state index is 12.6. The Kier molecular flexibility index (Phi) is 8.65. The van der Waals surface area contributed by atoms with Gasteiger partial charge in [-0.05, 0) is 61.5 Å². The van der Waals surface area contributed by atoms with Crippen LogP contribution in [-0.2, 0) is 14.6 Å². The largest absolute Gasteiger partial charge is 0.446 e. The summed E-state index contributed by atoms with van der Waals surface area (Å²) in [5, 5.41) is 15.2. The summed E-state index contributed by atoms with van der Waals surface area (Å²) in [4.78, 5) is 27.9. The van der Waals surface area contributed by atoms with Crippen LogP contribution >= 0.6 is 0 Å². The fourth-order valence-corrected chi connectivity index (χ4v) is 5.10. The molecule has 1 amide bonds. The number of carbonyl (C=O) groups excluding carboxylic acids is 2. The summed E-state index contributed by atoms with van der Waals surface area (Å²) < 4.78 is 55.0. The van der Waals surface area contributed by atoms with Crippen molar-refractivity contribution in [2.45, 2.75) is 31.4 Å². The molecule has 2 aliphatic heterocycles. The molecule has 0 aliphatic carbocycles. The first-order valence-electron chi connectivity index (χ1n) is 11.1. The Morgan fingerprint density at radius 2 is 1.94 bits per heavy atom. The predicted molar refractivity (Wildman–Crippen MR) is 126 cm³/mol. The monoisotopic (exact) mass is 523 g/mol. The number of hydrogen-bond acceptors (Lipinski definition) is 7. The molecule has 3 N–H and O–H groups in total. The minimum absolute atomic E-state index is 0.0109. The normalized spacial score (nSPS) is 17.7. The molecule has 2 aliphatic rings. The smallest absolute Gasteiger partial charge is 0.326 e. The third kappa shape index (κ3) is 7.50. The van der Waals surface area contributed by atoms with Crippen LogP contribution < -0.4 is 10.6 Å². The third-order valence-electron chi connectivity index (χ3n) is 5.76. The topological polar surface area (TPSA) is 145 Å². The molecule has 0 atom stereocenters. The number of carbonyl (C=O) groups is 2. The number of amides is 1. The van der Waals surface area contributed by atoms with E-state index in [0.717, 1.165) is 37.1 Å². The van der Waals surface area contributed by atoms with Gasteiger partial charge in [0.2, 0.25) is 6.29 Å². The number of anilines is 1. The molecule has 192 valence electrons. The van der Waals surface area contributed by atoms with Crippen LogP contribution in [0, 0.1) is 11.3 Å². The molecule has 3 heterocycles. The lowest BCUT2D eigenvalue weighted by molar-refractivity contribution is -0.156. The van der Waals surface area contributed by atoms with E-state index in [1.54, 1.807) is 6.08 Å². The Morgan fingerprint density at radius 1 is 1.25 bits per heavy atom. The second kappa shape index (κ2) is 11.5. The fourth-order valence-electron chi connectivity index (χ4n) is 3.94. The van der Waals surface area contributed by atoms with Crippen molar-refractivity contribution in [2.24, 2.45) is 0 Å². The molecular weight excluding hydrogens is 499 g/mol. The summed E-state index contributed by atoms with van der Waals surface area (Å²) in [6.07, 6.45) is -0.141. The van der Waals surface area contributed by atoms with Gasteiger partial charge in [-0.1, -0.05) is 12.1 Å². The Hall–Kier alpha value is -3.50. The number of nitrogens with one attached hydrogen (secondary N) is 3. The van der Waals surface area contributed by atoms with Crippen molar-refractivity contribution in [2.75, 3.05) is 29.9 Å². The van der Waals surface area contributed by atoms with E-state index >= 15 is 0 Å². The average Bonchev–Trinajstić information content (AvgIpc) is 3.35. The van der Waals surface area contributed by atoms with Gasteiger partial charge in [0.15, 0.2) is 15.7 Å². The number of imidazole rings is 1. The molecule has 1 aromatic heterocycles. The number of sulfone groups is 1. The number of halogens is 3. The van der Waals surface area contributed by atoms with E-state index in [1.807, 2.05) is 18.2 Å². The lowest BCUT2D eigenvalue weighted by atomic mass is 9.87. The van der Waals surface area contributed by atoms with Crippen molar-refractivity contribution in [1.82, 2.24) is 15.3 Å². The molecule has 0 unspecified atom stereocenters. The van der Waals surface area contributed by atoms with Gasteiger partial charge in [0.05, 0.1) is 17.7 Å². The number of alkyl halides is 3. The first kappa shape index (κ1) is 27.1. The molecule has 1 saturated heterocycles. The molecule has 4 rings (SSSR count). The molecule has 2 aromatic rings. The minimum atomic E-state index is -4.64. The lowest BCUT2D eigenvalue weighted by Gasteiger charge is -2.25. The van der Waals surface area contributed by atoms with Crippen LogP contribution in [0.4, 0.5) is 18.9 Å². The Labute approximate surface area is 205 Å². The number of hydrogen-bond donors (Lipinski definition) is 3. The highest BCUT2D eigenvalue weighted by atomic mass is 32.2. The quantitative estimate of drug-likeness (QED) is 0.523. The number of rotatable bonds is 4. The SMILES string of the molecule is N#Cc1cnc(C(=O)Nc2ccc(C3CCNCC3)cc2C2=CCS(=O)(=O)CC2)[nH]1.O=CC(F)(F)F. The standard InChI is InChI=1S/C21H23N5O3S.C2HF3O/c22-12-17-13-24-20(25-17)21(27)26-19-2-1-16(14-3-7-23-8-4-14)11-18(19)15-5-9-30(28,29)10-6-15;3-2(4,5)1-6/h1-2,5,11,13-14,23H,3-4,6-10H2,(H,24,25)(H,26,27);1H. The molecular formula is C23H24F3N5O4S. The maximum Gasteiger partial charge on any atom is 0.446 e. The average molecular weight is 524 g/mol. The summed E-state index contributed by atoms with van der Waals surface area (Å²) >= 11 is 0. The number of aromatic amines is 1. The zero-order chi connectivity index (χ0) is 26.3. The second-order valence-electron chi connectivity index (χ2n) is 8.29. The van der Waals surface area contributed by atoms with E-state index in [9.17, 15) is 26.4 Å². The number of benzene rings is 1. The van der Waals surface area contributed by atoms with Crippen molar-refractivity contribution < 1.29 is 31.2 Å². The van der Waals surface area contributed by atoms with Gasteiger partial charge in [0.25, 0.3) is 5.91 Å². The minimum Gasteiger partial charge on any atom is -0.326 e. The summed E-state index contributed by atoms with van der Waals surface area (Å²) in [7, 11) is -3.05. The van der Waals surface area contributed by atoms with E-state index in [0.29, 0.717) is 18.0 Å². The highest BCUT2D eigenvalue weighted by Gasteiger charge is 2.25. The second-order valence-corrected chi connectivity index (χ2v) is 10.5. The number of allylic oxidation sites excluding steroid dienone is 1. The highest BCUT2D eigenvalue weighted by Crippen LogP contribution is 2.34. The maximum absolute atomic E-state index is 12.6. The summed E-state index contributed by atoms with van der Waals surface area (Å²) in [5.74, 6) is 0.160. The van der Waals surface area contributed by atoms with Gasteiger partial charge in [-0.25, -0.2) is 13.4 Å². The molecule has 36 heavy (non-hydrogen) atoms. The third-order valence-corrected chi connectivity index (χ3v) is 7.26. The molecule has 0 spiro atoms. The van der Waals surface area contributed by atoms with Crippen LogP contribution in [0.5, 0.6) is 0 Å². The van der Waals surface area contributed by atoms with Crippen molar-refractivity contribution in [3.63, 3.8) is 0 Å². The van der Waals surface area contributed by atoms with Crippen LogP contribution in [0.25, 0.3) is 5.57 Å². The summed E-state index contributed by atoms with van der Waals surface area (Å²) in [5.41, 5.74) is 3.79. The predicted octanol–water partition coefficient (Wildman–Crippen LogP) is 2.95. The van der Waals surface area contributed by atoms with Gasteiger partial charge < -0.3 is 15.6 Å². The van der Waals surface area contributed by atoms with Crippen LogP contribution in [-0.4, -0.2) is 61.4 Å². The van der Waals surface area contributed by atoms with Crippen molar-refractivity contribution in [3.8, 4) is 6.07 Å². The van der Waals surface area contributed by atoms with Gasteiger partial charge in [0, 0.05) is 11.3 Å². The van der Waals surface area contributed by atoms with Crippen molar-refractivity contribution in [3.05, 3.63) is 53.1 Å². The van der Waals surface area contributed by atoms with Gasteiger partial charge in [-0.2, -0.15) is 18.4 Å². The molecule has 0 saturated carbocycles. The number of aldehydes is 1. The molecule has 0 bridgehead atoms. The number of H-pyrrole nitrogens is 1. The molecule has 1 fully saturated rings. The molecule has 1 aromatic carbocycles. The Bertz CT molecular complexity index is 1290. The first-order valence-corrected chi connectivity index (χ1v) is 12.9. The van der Waals surface area contributed by atoms with E-state index in [2.05, 4.69) is 26.7 Å². The van der Waals surface area contributed by atoms with E-state index < -0.39 is 28.2 Å². The lowest BCUT2D eigenvalue weighted by Crippen LogP contribution is -2.26. The first-order chi connectivity index (χ1) is 17.0. The van der Waals surface area contributed by atoms with Gasteiger partial charge in [0.1, 0.15) is 11.8 Å².